The van der Waals surface area contributed by atoms with Crippen molar-refractivity contribution < 1.29 is 47.8 Å². The summed E-state index contributed by atoms with van der Waals surface area (Å²) in [6.07, 6.45) is 6.34. The molecule has 17 heteroatoms. The summed E-state index contributed by atoms with van der Waals surface area (Å²) in [5.74, 6) is -3.72. The van der Waals surface area contributed by atoms with Gasteiger partial charge in [0.15, 0.2) is 0 Å². The van der Waals surface area contributed by atoms with Crippen LogP contribution < -0.4 is 31.9 Å². The highest BCUT2D eigenvalue weighted by Gasteiger charge is 2.55. The number of likely N-dealkylation sites (tertiary alicyclic amines) is 1. The lowest BCUT2D eigenvalue weighted by Gasteiger charge is -2.38. The quantitative estimate of drug-likeness (QED) is 0.152. The maximum atomic E-state index is 14.7. The van der Waals surface area contributed by atoms with Crippen molar-refractivity contribution in [3.63, 3.8) is 0 Å². The highest BCUT2D eigenvalue weighted by atomic mass is 16.5. The molecule has 5 fully saturated rings. The van der Waals surface area contributed by atoms with Crippen LogP contribution in [0.4, 0.5) is 9.59 Å². The molecule has 5 rings (SSSR count). The van der Waals surface area contributed by atoms with E-state index in [1.165, 1.54) is 4.90 Å². The number of fused-ring (bicyclic) bond motifs is 1. The molecule has 2 bridgehead atoms. The summed E-state index contributed by atoms with van der Waals surface area (Å²) in [6.45, 7) is 5.39. The van der Waals surface area contributed by atoms with Crippen LogP contribution in [0.3, 0.4) is 0 Å². The smallest absolute Gasteiger partial charge is 0.407 e. The van der Waals surface area contributed by atoms with E-state index >= 15 is 0 Å². The third-order valence-electron chi connectivity index (χ3n) is 11.7. The first-order chi connectivity index (χ1) is 25.6. The molecule has 5 aliphatic rings. The Hall–Kier alpha value is -4.44. The molecule has 8 atom stereocenters. The highest BCUT2D eigenvalue weighted by Crippen LogP contribution is 2.48. The molecule has 0 radical (unpaired) electrons. The van der Waals surface area contributed by atoms with Gasteiger partial charge in [-0.15, -0.1) is 0 Å². The van der Waals surface area contributed by atoms with E-state index in [9.17, 15) is 38.4 Å². The monoisotopic (exact) mass is 759 g/mol. The van der Waals surface area contributed by atoms with Crippen LogP contribution in [-0.4, -0.2) is 116 Å². The van der Waals surface area contributed by atoms with E-state index in [1.807, 2.05) is 20.8 Å². The number of Topliss-reactive ketones (excluding diaryl/α,β-unsaturated/α-hetero) is 1. The molecule has 0 spiro atoms. The van der Waals surface area contributed by atoms with Crippen molar-refractivity contribution in [2.75, 3.05) is 27.3 Å². The van der Waals surface area contributed by atoms with Gasteiger partial charge in [0, 0.05) is 12.6 Å². The van der Waals surface area contributed by atoms with E-state index in [0.29, 0.717) is 32.2 Å². The molecule has 6 N–H and O–H groups in total. The molecule has 0 aromatic carbocycles. The first-order valence-corrected chi connectivity index (χ1v) is 19.3. The second-order valence-electron chi connectivity index (χ2n) is 16.7. The SMILES string of the molecule is COC(=O)NC[C@H](NC(=O)OC)C(=O)NC(C(=O)N[C@H](C(=O)N1C[C@@H]2CC3CC[C@@H](C(=O)C(=O)NC4CC4)NC(=O)[C@@H]1[C@H]2C3)C(C)(C)C)C1CCCCC1. The zero-order chi connectivity index (χ0) is 39.3. The molecule has 54 heavy (non-hydrogen) atoms. The van der Waals surface area contributed by atoms with Gasteiger partial charge >= 0.3 is 12.2 Å². The largest absolute Gasteiger partial charge is 0.453 e. The molecule has 0 aromatic heterocycles. The lowest BCUT2D eigenvalue weighted by Crippen LogP contribution is -2.63. The second-order valence-corrected chi connectivity index (χ2v) is 16.7. The summed E-state index contributed by atoms with van der Waals surface area (Å²) in [5.41, 5.74) is -0.831. The van der Waals surface area contributed by atoms with Gasteiger partial charge in [0.1, 0.15) is 24.2 Å². The van der Waals surface area contributed by atoms with Crippen molar-refractivity contribution in [1.82, 2.24) is 36.8 Å². The molecule has 2 unspecified atom stereocenters. The van der Waals surface area contributed by atoms with Crippen LogP contribution in [0.5, 0.6) is 0 Å². The third-order valence-corrected chi connectivity index (χ3v) is 11.7. The topological polar surface area (TPSA) is 230 Å². The Bertz CT molecular complexity index is 1470. The predicted molar refractivity (Wildman–Crippen MR) is 192 cm³/mol. The van der Waals surface area contributed by atoms with Gasteiger partial charge in [0.25, 0.3) is 5.91 Å². The Kier molecular flexibility index (Phi) is 13.1. The minimum absolute atomic E-state index is 0.00898. The van der Waals surface area contributed by atoms with E-state index in [4.69, 9.17) is 0 Å². The van der Waals surface area contributed by atoms with E-state index in [1.54, 1.807) is 0 Å². The van der Waals surface area contributed by atoms with Crippen molar-refractivity contribution in [3.8, 4) is 0 Å². The molecular formula is C37H57N7O10. The van der Waals surface area contributed by atoms with Crippen molar-refractivity contribution in [2.45, 2.75) is 128 Å². The molecule has 17 nitrogen and oxygen atoms in total. The van der Waals surface area contributed by atoms with Crippen molar-refractivity contribution in [2.24, 2.45) is 29.1 Å². The van der Waals surface area contributed by atoms with Crippen LogP contribution in [0.25, 0.3) is 0 Å². The van der Waals surface area contributed by atoms with Crippen LogP contribution in [0.2, 0.25) is 0 Å². The maximum Gasteiger partial charge on any atom is 0.407 e. The lowest BCUT2D eigenvalue weighted by atomic mass is 9.82. The van der Waals surface area contributed by atoms with Crippen LogP contribution >= 0.6 is 0 Å². The summed E-state index contributed by atoms with van der Waals surface area (Å²) < 4.78 is 9.25. The molecule has 2 saturated heterocycles. The summed E-state index contributed by atoms with van der Waals surface area (Å²) in [6, 6.07) is -5.39. The van der Waals surface area contributed by atoms with Crippen LogP contribution in [0.1, 0.15) is 91.4 Å². The standard InChI is InChI=1S/C37H57N7O10/c1-37(2,3)29(43-31(47)26(20-9-7-6-8-10-20)42-30(46)25(41-36(52)54-5)17-38-35(51)53-4)34(50)44-18-21-15-19-11-14-24(28(45)33(49)39-22-12-13-22)40-32(48)27(44)23(21)16-19/h19-27,29H,6-18H2,1-5H3,(H,38,51)(H,39,49)(H,40,48)(H,41,52)(H,42,46)(H,43,47)/t19?,21-,23-,24-,25-,26?,27-,29+/m0/s1. The number of rotatable bonds is 12. The average Bonchev–Trinajstić information content (AvgIpc) is 3.75. The number of carbonyl (C=O) groups is 8. The third kappa shape index (κ3) is 9.80. The molecular weight excluding hydrogens is 702 g/mol. The normalized spacial score (nSPS) is 27.0. The van der Waals surface area contributed by atoms with Crippen LogP contribution in [-0.2, 0) is 38.2 Å². The van der Waals surface area contributed by atoms with Gasteiger partial charge < -0.3 is 46.3 Å². The summed E-state index contributed by atoms with van der Waals surface area (Å²) in [5, 5.41) is 16.0. The summed E-state index contributed by atoms with van der Waals surface area (Å²) in [7, 11) is 2.28. The minimum atomic E-state index is -1.32. The van der Waals surface area contributed by atoms with Gasteiger partial charge in [-0.3, -0.25) is 28.8 Å². The molecule has 3 saturated carbocycles. The fourth-order valence-electron chi connectivity index (χ4n) is 8.67. The van der Waals surface area contributed by atoms with Gasteiger partial charge in [-0.05, 0) is 80.5 Å². The molecule has 2 heterocycles. The van der Waals surface area contributed by atoms with Gasteiger partial charge in [-0.1, -0.05) is 40.0 Å². The Morgan fingerprint density at radius 1 is 0.833 bits per heavy atom. The number of carbonyl (C=O) groups excluding carboxylic acids is 8. The van der Waals surface area contributed by atoms with Crippen molar-refractivity contribution >= 4 is 47.5 Å². The summed E-state index contributed by atoms with van der Waals surface area (Å²) >= 11 is 0. The molecule has 3 aliphatic carbocycles. The number of nitrogens with zero attached hydrogens (tertiary/aromatic N) is 1. The number of ether oxygens (including phenoxy) is 2. The molecule has 7 amide bonds. The van der Waals surface area contributed by atoms with Gasteiger partial charge in [0.2, 0.25) is 29.4 Å². The lowest BCUT2D eigenvalue weighted by molar-refractivity contribution is -0.146. The van der Waals surface area contributed by atoms with E-state index in [2.05, 4.69) is 41.4 Å². The minimum Gasteiger partial charge on any atom is -0.453 e. The Morgan fingerprint density at radius 2 is 1.52 bits per heavy atom. The first-order valence-electron chi connectivity index (χ1n) is 19.3. The highest BCUT2D eigenvalue weighted by molar-refractivity contribution is 6.38. The fraction of sp³-hybridized carbons (Fsp3) is 0.784. The van der Waals surface area contributed by atoms with Crippen LogP contribution in [0, 0.1) is 29.1 Å². The van der Waals surface area contributed by atoms with E-state index < -0.39 is 83.1 Å². The van der Waals surface area contributed by atoms with Crippen molar-refractivity contribution in [1.29, 1.82) is 0 Å². The zero-order valence-electron chi connectivity index (χ0n) is 32.0. The van der Waals surface area contributed by atoms with E-state index in [0.717, 1.165) is 59.2 Å². The van der Waals surface area contributed by atoms with Crippen LogP contribution in [0.15, 0.2) is 0 Å². The number of ketones is 1. The number of nitrogens with one attached hydrogen (secondary N) is 6. The number of hydrogen-bond donors (Lipinski definition) is 6. The molecule has 2 aliphatic heterocycles. The van der Waals surface area contributed by atoms with E-state index in [-0.39, 0.29) is 36.3 Å². The zero-order valence-corrected chi connectivity index (χ0v) is 32.0. The first kappa shape index (κ1) is 40.7. The van der Waals surface area contributed by atoms with Gasteiger partial charge in [-0.2, -0.15) is 0 Å². The average molecular weight is 760 g/mol. The Labute approximate surface area is 315 Å². The van der Waals surface area contributed by atoms with Gasteiger partial charge in [0.05, 0.1) is 26.8 Å². The number of alkyl carbamates (subject to hydrolysis) is 2. The summed E-state index contributed by atoms with van der Waals surface area (Å²) in [4.78, 5) is 108. The Balaban J connectivity index is 1.35. The number of amides is 7. The predicted octanol–water partition coefficient (Wildman–Crippen LogP) is 0.643. The number of methoxy groups -OCH3 is 2. The second kappa shape index (κ2) is 17.4. The van der Waals surface area contributed by atoms with Crippen molar-refractivity contribution in [3.05, 3.63) is 0 Å². The molecule has 0 aromatic rings. The number of hydrogen-bond acceptors (Lipinski definition) is 10. The Morgan fingerprint density at radius 3 is 2.15 bits per heavy atom. The maximum absolute atomic E-state index is 14.7. The van der Waals surface area contributed by atoms with Gasteiger partial charge in [-0.25, -0.2) is 9.59 Å². The molecule has 300 valence electrons. The fourth-order valence-corrected chi connectivity index (χ4v) is 8.67.